The van der Waals surface area contributed by atoms with Gasteiger partial charge in [-0.05, 0) is 24.6 Å². The zero-order chi connectivity index (χ0) is 16.4. The molecule has 0 aliphatic carbocycles. The molecule has 3 rings (SSSR count). The molecule has 1 aliphatic rings. The highest BCUT2D eigenvalue weighted by Gasteiger charge is 2.26. The number of aromatic nitrogens is 3. The Bertz CT molecular complexity index is 700. The Labute approximate surface area is 139 Å². The molecule has 1 atom stereocenters. The van der Waals surface area contributed by atoms with Crippen LogP contribution >= 0.6 is 11.6 Å². The summed E-state index contributed by atoms with van der Waals surface area (Å²) in [5.74, 6) is 0.479. The molecule has 1 unspecified atom stereocenters. The van der Waals surface area contributed by atoms with Crippen LogP contribution in [0.5, 0.6) is 0 Å². The van der Waals surface area contributed by atoms with E-state index in [1.165, 1.54) is 0 Å². The average molecular weight is 336 g/mol. The fraction of sp³-hybridized carbons (Fsp3) is 0.400. The van der Waals surface area contributed by atoms with Crippen molar-refractivity contribution in [3.63, 3.8) is 0 Å². The number of ether oxygens (including phenoxy) is 1. The second-order valence-corrected chi connectivity index (χ2v) is 5.87. The van der Waals surface area contributed by atoms with Crippen molar-refractivity contribution in [2.24, 2.45) is 7.05 Å². The number of benzene rings is 1. The number of hydrogen-bond acceptors (Lipinski definition) is 4. The van der Waals surface area contributed by atoms with Crippen LogP contribution in [-0.2, 0) is 11.8 Å². The summed E-state index contributed by atoms with van der Waals surface area (Å²) in [6.45, 7) is 3.35. The molecule has 1 aromatic carbocycles. The number of morpholine rings is 1. The third-order valence-electron chi connectivity index (χ3n) is 3.93. The van der Waals surface area contributed by atoms with Crippen molar-refractivity contribution in [1.29, 1.82) is 0 Å². The summed E-state index contributed by atoms with van der Waals surface area (Å²) in [5, 5.41) is 11.3. The number of anilines is 1. The molecule has 1 aromatic heterocycles. The lowest BCUT2D eigenvalue weighted by atomic mass is 10.1. The Morgan fingerprint density at radius 3 is 2.78 bits per heavy atom. The van der Waals surface area contributed by atoms with Crippen LogP contribution in [0.2, 0.25) is 5.02 Å². The van der Waals surface area contributed by atoms with Gasteiger partial charge in [0.2, 0.25) is 0 Å². The number of aryl methyl sites for hydroxylation is 1. The number of rotatable bonds is 2. The molecule has 8 heteroatoms. The molecule has 2 aromatic rings. The number of nitrogens with one attached hydrogen (secondary N) is 1. The first-order valence-corrected chi connectivity index (χ1v) is 7.71. The van der Waals surface area contributed by atoms with Crippen molar-refractivity contribution < 1.29 is 9.53 Å². The van der Waals surface area contributed by atoms with Crippen molar-refractivity contribution in [2.75, 3.05) is 25.0 Å². The van der Waals surface area contributed by atoms with Gasteiger partial charge in [0.25, 0.3) is 0 Å². The van der Waals surface area contributed by atoms with Crippen LogP contribution in [0.15, 0.2) is 24.3 Å². The molecule has 2 amide bonds. The lowest BCUT2D eigenvalue weighted by molar-refractivity contribution is -0.0135. The van der Waals surface area contributed by atoms with Crippen molar-refractivity contribution >= 4 is 23.4 Å². The van der Waals surface area contributed by atoms with Gasteiger partial charge < -0.3 is 9.64 Å². The van der Waals surface area contributed by atoms with Crippen LogP contribution in [0.1, 0.15) is 17.4 Å². The number of halogens is 1. The van der Waals surface area contributed by atoms with Gasteiger partial charge in [-0.2, -0.15) is 0 Å². The molecule has 1 fully saturated rings. The van der Waals surface area contributed by atoms with Gasteiger partial charge in [0, 0.05) is 18.6 Å². The van der Waals surface area contributed by atoms with E-state index in [4.69, 9.17) is 16.3 Å². The molecule has 0 radical (unpaired) electrons. The van der Waals surface area contributed by atoms with Crippen molar-refractivity contribution in [3.05, 3.63) is 40.5 Å². The summed E-state index contributed by atoms with van der Waals surface area (Å²) < 4.78 is 7.38. The third-order valence-corrected chi connectivity index (χ3v) is 4.18. The molecular formula is C15H18ClN5O2. The summed E-state index contributed by atoms with van der Waals surface area (Å²) in [6.07, 6.45) is -0.158. The fourth-order valence-corrected chi connectivity index (χ4v) is 2.54. The number of carbonyl (C=O) groups is 1. The molecule has 0 bridgehead atoms. The van der Waals surface area contributed by atoms with Gasteiger partial charge >= 0.3 is 6.03 Å². The molecule has 7 nitrogen and oxygen atoms in total. The zero-order valence-corrected chi connectivity index (χ0v) is 13.7. The van der Waals surface area contributed by atoms with Crippen LogP contribution in [0.4, 0.5) is 10.6 Å². The van der Waals surface area contributed by atoms with Crippen LogP contribution in [0, 0.1) is 6.92 Å². The summed E-state index contributed by atoms with van der Waals surface area (Å²) >= 11 is 5.91. The second kappa shape index (κ2) is 6.55. The largest absolute Gasteiger partial charge is 0.370 e. The zero-order valence-electron chi connectivity index (χ0n) is 13.0. The standard InChI is InChI=1S/C15H18ClN5O2/c1-10-14(18-19-20(10)2)17-15(22)21-7-8-23-13(9-21)11-3-5-12(16)6-4-11/h3-6,13H,7-9H2,1-2H3,(H,17,22). The average Bonchev–Trinajstić information content (AvgIpc) is 2.88. The molecule has 0 saturated carbocycles. The van der Waals surface area contributed by atoms with Gasteiger partial charge in [0.05, 0.1) is 18.8 Å². The van der Waals surface area contributed by atoms with E-state index in [1.807, 2.05) is 31.2 Å². The van der Waals surface area contributed by atoms with Gasteiger partial charge in [-0.25, -0.2) is 4.79 Å². The molecule has 1 saturated heterocycles. The molecule has 0 spiro atoms. The predicted octanol–water partition coefficient (Wildman–Crippen LogP) is 2.38. The Balaban J connectivity index is 1.67. The minimum atomic E-state index is -0.198. The highest BCUT2D eigenvalue weighted by molar-refractivity contribution is 6.30. The number of amides is 2. The van der Waals surface area contributed by atoms with E-state index >= 15 is 0 Å². The fourth-order valence-electron chi connectivity index (χ4n) is 2.41. The first-order valence-electron chi connectivity index (χ1n) is 7.34. The summed E-state index contributed by atoms with van der Waals surface area (Å²) in [4.78, 5) is 14.1. The number of hydrogen-bond donors (Lipinski definition) is 1. The van der Waals surface area contributed by atoms with E-state index in [0.717, 1.165) is 11.3 Å². The van der Waals surface area contributed by atoms with E-state index in [9.17, 15) is 4.79 Å². The van der Waals surface area contributed by atoms with E-state index in [1.54, 1.807) is 16.6 Å². The minimum absolute atomic E-state index is 0.158. The smallest absolute Gasteiger partial charge is 0.323 e. The van der Waals surface area contributed by atoms with Crippen LogP contribution in [0.25, 0.3) is 0 Å². The Kier molecular flexibility index (Phi) is 4.49. The van der Waals surface area contributed by atoms with Crippen molar-refractivity contribution in [2.45, 2.75) is 13.0 Å². The Morgan fingerprint density at radius 1 is 1.39 bits per heavy atom. The normalized spacial score (nSPS) is 18.0. The summed E-state index contributed by atoms with van der Waals surface area (Å²) in [5.41, 5.74) is 1.81. The highest BCUT2D eigenvalue weighted by Crippen LogP contribution is 2.24. The molecule has 1 N–H and O–H groups in total. The number of urea groups is 1. The first-order chi connectivity index (χ1) is 11.0. The lowest BCUT2D eigenvalue weighted by Crippen LogP contribution is -2.44. The first kappa shape index (κ1) is 15.8. The second-order valence-electron chi connectivity index (χ2n) is 5.43. The van der Waals surface area contributed by atoms with E-state index in [-0.39, 0.29) is 12.1 Å². The van der Waals surface area contributed by atoms with Gasteiger partial charge in [-0.3, -0.25) is 10.00 Å². The van der Waals surface area contributed by atoms with E-state index < -0.39 is 0 Å². The van der Waals surface area contributed by atoms with Crippen molar-refractivity contribution in [3.8, 4) is 0 Å². The molecule has 23 heavy (non-hydrogen) atoms. The van der Waals surface area contributed by atoms with E-state index in [2.05, 4.69) is 15.6 Å². The lowest BCUT2D eigenvalue weighted by Gasteiger charge is -2.33. The monoisotopic (exact) mass is 335 g/mol. The van der Waals surface area contributed by atoms with Crippen LogP contribution in [-0.4, -0.2) is 45.6 Å². The number of carbonyl (C=O) groups excluding carboxylic acids is 1. The van der Waals surface area contributed by atoms with Gasteiger partial charge in [-0.15, -0.1) is 5.10 Å². The summed E-state index contributed by atoms with van der Waals surface area (Å²) in [7, 11) is 1.78. The number of nitrogens with zero attached hydrogens (tertiary/aromatic N) is 4. The maximum Gasteiger partial charge on any atom is 0.323 e. The molecule has 2 heterocycles. The maximum atomic E-state index is 12.4. The predicted molar refractivity (Wildman–Crippen MR) is 86.5 cm³/mol. The SMILES string of the molecule is Cc1c(NC(=O)N2CCOC(c3ccc(Cl)cc3)C2)nnn1C. The molecular weight excluding hydrogens is 318 g/mol. The minimum Gasteiger partial charge on any atom is -0.370 e. The maximum absolute atomic E-state index is 12.4. The van der Waals surface area contributed by atoms with Crippen LogP contribution < -0.4 is 5.32 Å². The van der Waals surface area contributed by atoms with E-state index in [0.29, 0.717) is 30.5 Å². The van der Waals surface area contributed by atoms with Gasteiger partial charge in [0.15, 0.2) is 5.82 Å². The van der Waals surface area contributed by atoms with Crippen molar-refractivity contribution in [1.82, 2.24) is 19.9 Å². The molecule has 1 aliphatic heterocycles. The third kappa shape index (κ3) is 3.46. The quantitative estimate of drug-likeness (QED) is 0.914. The summed E-state index contributed by atoms with van der Waals surface area (Å²) in [6, 6.07) is 7.28. The van der Waals surface area contributed by atoms with Gasteiger partial charge in [0.1, 0.15) is 6.10 Å². The topological polar surface area (TPSA) is 72.3 Å². The molecule has 122 valence electrons. The Hall–Kier alpha value is -2.12. The van der Waals surface area contributed by atoms with Crippen LogP contribution in [0.3, 0.4) is 0 Å². The highest BCUT2D eigenvalue weighted by atomic mass is 35.5. The Morgan fingerprint density at radius 2 is 2.13 bits per heavy atom. The van der Waals surface area contributed by atoms with Gasteiger partial charge in [-0.1, -0.05) is 28.9 Å².